The Morgan fingerprint density at radius 1 is 0.972 bits per heavy atom. The number of nitrogens with zero attached hydrogens (tertiary/aromatic N) is 1. The van der Waals surface area contributed by atoms with E-state index >= 15 is 0 Å². The van der Waals surface area contributed by atoms with E-state index < -0.39 is 70.5 Å². The molecule has 0 saturated carbocycles. The van der Waals surface area contributed by atoms with Crippen molar-refractivity contribution in [3.8, 4) is 0 Å². The number of halogens is 7. The molecule has 0 aromatic heterocycles. The fourth-order valence-corrected chi connectivity index (χ4v) is 4.15. The van der Waals surface area contributed by atoms with Gasteiger partial charge in [-0.2, -0.15) is 0 Å². The first-order valence-electron chi connectivity index (χ1n) is 10.3. The molecule has 1 aliphatic rings. The normalized spacial score (nSPS) is 16.8. The average molecular weight is 545 g/mol. The van der Waals surface area contributed by atoms with Crippen molar-refractivity contribution in [2.45, 2.75) is 18.4 Å². The van der Waals surface area contributed by atoms with E-state index in [0.717, 1.165) is 29.2 Å². The van der Waals surface area contributed by atoms with Crippen LogP contribution in [0, 0.1) is 17.5 Å². The molecule has 1 atom stereocenters. The number of amides is 2. The number of carbonyl (C=O) groups excluding carboxylic acids is 2. The van der Waals surface area contributed by atoms with Crippen LogP contribution < -0.4 is 10.2 Å². The monoisotopic (exact) mass is 544 g/mol. The van der Waals surface area contributed by atoms with Crippen LogP contribution in [0.1, 0.15) is 38.8 Å². The summed E-state index contributed by atoms with van der Waals surface area (Å²) >= 11 is 11.7. The predicted octanol–water partition coefficient (Wildman–Crippen LogP) is 6.38. The van der Waals surface area contributed by atoms with Crippen molar-refractivity contribution in [1.82, 2.24) is 0 Å². The summed E-state index contributed by atoms with van der Waals surface area (Å²) < 4.78 is 70.3. The van der Waals surface area contributed by atoms with Crippen molar-refractivity contribution < 1.29 is 36.6 Å². The van der Waals surface area contributed by atoms with E-state index in [4.69, 9.17) is 23.2 Å². The number of anilines is 2. The number of aliphatic hydroxyl groups is 1. The van der Waals surface area contributed by atoms with Gasteiger partial charge in [-0.05, 0) is 48.5 Å². The van der Waals surface area contributed by atoms with Gasteiger partial charge in [-0.1, -0.05) is 23.2 Å². The predicted molar refractivity (Wildman–Crippen MR) is 123 cm³/mol. The van der Waals surface area contributed by atoms with E-state index in [9.17, 15) is 36.6 Å². The van der Waals surface area contributed by atoms with Gasteiger partial charge in [0.2, 0.25) is 0 Å². The molecule has 1 aliphatic heterocycles. The molecule has 4 rings (SSSR count). The summed E-state index contributed by atoms with van der Waals surface area (Å²) in [6, 6.07) is 7.90. The minimum absolute atomic E-state index is 0.0140. The molecule has 2 amide bonds. The van der Waals surface area contributed by atoms with Gasteiger partial charge in [0.25, 0.3) is 17.7 Å². The second-order valence-electron chi connectivity index (χ2n) is 7.97. The number of rotatable bonds is 3. The van der Waals surface area contributed by atoms with Crippen LogP contribution in [0.5, 0.6) is 0 Å². The summed E-state index contributed by atoms with van der Waals surface area (Å²) in [6.45, 7) is -0.480. The minimum Gasteiger partial charge on any atom is -0.382 e. The fraction of sp³-hybridized carbons (Fsp3) is 0.167. The number of benzene rings is 3. The van der Waals surface area contributed by atoms with Crippen LogP contribution in [-0.4, -0.2) is 29.4 Å². The molecule has 5 nitrogen and oxygen atoms in total. The molecule has 12 heteroatoms. The van der Waals surface area contributed by atoms with Gasteiger partial charge in [-0.15, -0.1) is 0 Å². The number of alkyl halides is 2. The fourth-order valence-electron chi connectivity index (χ4n) is 3.74. The quantitative estimate of drug-likeness (QED) is 0.297. The lowest BCUT2D eigenvalue weighted by Crippen LogP contribution is -2.33. The molecule has 0 bridgehead atoms. The van der Waals surface area contributed by atoms with Crippen LogP contribution in [-0.2, 0) is 0 Å². The summed E-state index contributed by atoms with van der Waals surface area (Å²) in [7, 11) is 0. The van der Waals surface area contributed by atoms with Crippen LogP contribution in [0.4, 0.5) is 33.3 Å². The molecular weight excluding hydrogens is 530 g/mol. The topological polar surface area (TPSA) is 69.6 Å². The van der Waals surface area contributed by atoms with Gasteiger partial charge in [-0.25, -0.2) is 22.0 Å². The maximum Gasteiger partial charge on any atom is 0.279 e. The molecule has 1 heterocycles. The van der Waals surface area contributed by atoms with Gasteiger partial charge in [0, 0.05) is 29.1 Å². The number of aliphatic hydroxyl groups excluding tert-OH is 1. The van der Waals surface area contributed by atoms with Gasteiger partial charge >= 0.3 is 0 Å². The molecule has 0 saturated heterocycles. The zero-order chi connectivity index (χ0) is 26.4. The van der Waals surface area contributed by atoms with Crippen LogP contribution in [0.3, 0.4) is 0 Å². The molecule has 3 aromatic carbocycles. The van der Waals surface area contributed by atoms with E-state index in [1.165, 1.54) is 12.1 Å². The van der Waals surface area contributed by atoms with Gasteiger partial charge in [0.05, 0.1) is 22.0 Å². The smallest absolute Gasteiger partial charge is 0.279 e. The number of carbonyl (C=O) groups is 2. The third-order valence-corrected chi connectivity index (χ3v) is 6.16. The molecule has 3 aromatic rings. The number of nitrogens with one attached hydrogen (secondary N) is 1. The third kappa shape index (κ3) is 4.88. The van der Waals surface area contributed by atoms with E-state index in [0.29, 0.717) is 12.1 Å². The highest BCUT2D eigenvalue weighted by Crippen LogP contribution is 2.43. The zero-order valence-corrected chi connectivity index (χ0v) is 19.5. The molecule has 188 valence electrons. The lowest BCUT2D eigenvalue weighted by Gasteiger charge is -2.23. The summed E-state index contributed by atoms with van der Waals surface area (Å²) in [5.74, 6) is -9.09. The Kier molecular flexibility index (Phi) is 6.96. The highest BCUT2D eigenvalue weighted by molar-refractivity contribution is 6.34. The van der Waals surface area contributed by atoms with Gasteiger partial charge in [-0.3, -0.25) is 9.59 Å². The van der Waals surface area contributed by atoms with Crippen molar-refractivity contribution in [2.75, 3.05) is 16.8 Å². The van der Waals surface area contributed by atoms with E-state index in [1.807, 2.05) is 0 Å². The molecule has 36 heavy (non-hydrogen) atoms. The SMILES string of the molecule is O=C(Nc1ccc(C(=O)N2CCC(F)(F)[C@H](O)c3cc(Cl)ccc32)cc1F)c1cc(F)c(F)cc1Cl. The van der Waals surface area contributed by atoms with E-state index in [-0.39, 0.29) is 21.8 Å². The summed E-state index contributed by atoms with van der Waals surface area (Å²) in [6.07, 6.45) is -3.07. The van der Waals surface area contributed by atoms with Crippen molar-refractivity contribution in [3.05, 3.63) is 92.7 Å². The first kappa shape index (κ1) is 25.9. The Bertz CT molecular complexity index is 1390. The van der Waals surface area contributed by atoms with Gasteiger partial charge in [0.15, 0.2) is 11.6 Å². The van der Waals surface area contributed by atoms with Gasteiger partial charge < -0.3 is 15.3 Å². The van der Waals surface area contributed by atoms with Crippen LogP contribution in [0.2, 0.25) is 10.0 Å². The molecule has 0 unspecified atom stereocenters. The van der Waals surface area contributed by atoms with Crippen LogP contribution in [0.25, 0.3) is 0 Å². The van der Waals surface area contributed by atoms with Crippen LogP contribution >= 0.6 is 23.2 Å². The first-order chi connectivity index (χ1) is 16.9. The second-order valence-corrected chi connectivity index (χ2v) is 8.81. The number of hydrogen-bond donors (Lipinski definition) is 2. The second kappa shape index (κ2) is 9.68. The summed E-state index contributed by atoms with van der Waals surface area (Å²) in [5.41, 5.74) is -1.36. The van der Waals surface area contributed by atoms with Crippen molar-refractivity contribution in [2.24, 2.45) is 0 Å². The van der Waals surface area contributed by atoms with Crippen molar-refractivity contribution in [3.63, 3.8) is 0 Å². The summed E-state index contributed by atoms with van der Waals surface area (Å²) in [4.78, 5) is 26.5. The Morgan fingerprint density at radius 2 is 1.67 bits per heavy atom. The Hall–Kier alpha value is -3.21. The lowest BCUT2D eigenvalue weighted by molar-refractivity contribution is -0.112. The standard InChI is InChI=1S/C24H15Cl2F5N2O3/c25-12-2-4-20-14(8-12)21(34)24(30,31)5-6-33(20)23(36)11-1-3-19(18(29)7-11)32-22(35)13-9-16(27)17(28)10-15(13)26/h1-4,7-10,21,34H,5-6H2,(H,32,35)/t21-/m1/s1. The highest BCUT2D eigenvalue weighted by Gasteiger charge is 2.44. The Balaban J connectivity index is 1.62. The van der Waals surface area contributed by atoms with E-state index in [2.05, 4.69) is 5.32 Å². The van der Waals surface area contributed by atoms with E-state index in [1.54, 1.807) is 0 Å². The highest BCUT2D eigenvalue weighted by atomic mass is 35.5. The summed E-state index contributed by atoms with van der Waals surface area (Å²) in [5, 5.41) is 12.0. The maximum absolute atomic E-state index is 14.8. The maximum atomic E-state index is 14.8. The minimum atomic E-state index is -3.55. The molecule has 0 aliphatic carbocycles. The molecule has 0 radical (unpaired) electrons. The molecule has 0 spiro atoms. The van der Waals surface area contributed by atoms with Crippen LogP contribution in [0.15, 0.2) is 48.5 Å². The first-order valence-corrected chi connectivity index (χ1v) is 11.1. The molecule has 2 N–H and O–H groups in total. The zero-order valence-electron chi connectivity index (χ0n) is 18.0. The third-order valence-electron chi connectivity index (χ3n) is 5.61. The Morgan fingerprint density at radius 3 is 2.36 bits per heavy atom. The van der Waals surface area contributed by atoms with Crippen molar-refractivity contribution >= 4 is 46.4 Å². The Labute approximate surface area is 211 Å². The molecule has 0 fully saturated rings. The largest absolute Gasteiger partial charge is 0.382 e. The van der Waals surface area contributed by atoms with Crippen molar-refractivity contribution in [1.29, 1.82) is 0 Å². The molecular formula is C24H15Cl2F5N2O3. The number of hydrogen-bond acceptors (Lipinski definition) is 3. The number of fused-ring (bicyclic) bond motifs is 1. The lowest BCUT2D eigenvalue weighted by atomic mass is 10.0. The van der Waals surface area contributed by atoms with Gasteiger partial charge in [0.1, 0.15) is 11.9 Å². The average Bonchev–Trinajstić information content (AvgIpc) is 2.91.